The minimum atomic E-state index is -0.395. The molecular formula is C14H10BrFO2. The Morgan fingerprint density at radius 2 is 1.89 bits per heavy atom. The highest BCUT2D eigenvalue weighted by molar-refractivity contribution is 9.10. The van der Waals surface area contributed by atoms with E-state index in [-0.39, 0.29) is 5.78 Å². The van der Waals surface area contributed by atoms with Crippen molar-refractivity contribution in [3.8, 4) is 11.5 Å². The molecule has 2 aromatic carbocycles. The number of hydrogen-bond acceptors (Lipinski definition) is 2. The molecule has 0 fully saturated rings. The molecule has 0 aromatic heterocycles. The van der Waals surface area contributed by atoms with Crippen molar-refractivity contribution in [1.82, 2.24) is 0 Å². The number of hydrogen-bond donors (Lipinski definition) is 0. The minimum absolute atomic E-state index is 0.0990. The van der Waals surface area contributed by atoms with Gasteiger partial charge < -0.3 is 4.74 Å². The molecule has 0 saturated heterocycles. The van der Waals surface area contributed by atoms with Gasteiger partial charge in [-0.25, -0.2) is 4.39 Å². The van der Waals surface area contributed by atoms with Crippen LogP contribution in [0.15, 0.2) is 46.9 Å². The largest absolute Gasteiger partial charge is 0.455 e. The summed E-state index contributed by atoms with van der Waals surface area (Å²) < 4.78 is 19.3. The summed E-state index contributed by atoms with van der Waals surface area (Å²) in [6.07, 6.45) is 0. The molecule has 92 valence electrons. The summed E-state index contributed by atoms with van der Waals surface area (Å²) >= 11 is 3.27. The Kier molecular flexibility index (Phi) is 3.77. The van der Waals surface area contributed by atoms with Crippen LogP contribution in [0.2, 0.25) is 0 Å². The second kappa shape index (κ2) is 5.31. The molecule has 0 aliphatic heterocycles. The fourth-order valence-electron chi connectivity index (χ4n) is 1.52. The van der Waals surface area contributed by atoms with Crippen LogP contribution in [0, 0.1) is 5.82 Å². The van der Waals surface area contributed by atoms with E-state index in [1.54, 1.807) is 30.3 Å². The molecular weight excluding hydrogens is 299 g/mol. The van der Waals surface area contributed by atoms with E-state index in [0.717, 1.165) is 0 Å². The second-order valence-corrected chi connectivity index (χ2v) is 4.58. The van der Waals surface area contributed by atoms with Crippen LogP contribution in [0.3, 0.4) is 0 Å². The fourth-order valence-corrected chi connectivity index (χ4v) is 1.85. The van der Waals surface area contributed by atoms with Gasteiger partial charge in [0.2, 0.25) is 0 Å². The van der Waals surface area contributed by atoms with E-state index < -0.39 is 5.82 Å². The highest BCUT2D eigenvalue weighted by Crippen LogP contribution is 2.32. The lowest BCUT2D eigenvalue weighted by Gasteiger charge is -2.10. The summed E-state index contributed by atoms with van der Waals surface area (Å²) in [7, 11) is 0. The molecule has 18 heavy (non-hydrogen) atoms. The molecule has 0 radical (unpaired) electrons. The maximum Gasteiger partial charge on any atom is 0.163 e. The number of carbonyl (C=O) groups excluding carboxylic acids is 1. The van der Waals surface area contributed by atoms with Gasteiger partial charge in [0.1, 0.15) is 17.3 Å². The Morgan fingerprint density at radius 1 is 1.17 bits per heavy atom. The summed E-state index contributed by atoms with van der Waals surface area (Å²) in [6.45, 7) is 1.46. The van der Waals surface area contributed by atoms with Gasteiger partial charge in [0, 0.05) is 6.07 Å². The summed E-state index contributed by atoms with van der Waals surface area (Å²) in [4.78, 5) is 11.4. The predicted octanol–water partition coefficient (Wildman–Crippen LogP) is 4.58. The molecule has 2 rings (SSSR count). The molecule has 0 saturated carbocycles. The normalized spacial score (nSPS) is 10.2. The van der Waals surface area contributed by atoms with Gasteiger partial charge >= 0.3 is 0 Å². The van der Waals surface area contributed by atoms with Gasteiger partial charge in [-0.1, -0.05) is 12.1 Å². The summed E-state index contributed by atoms with van der Waals surface area (Å²) in [5, 5.41) is 0. The Bertz CT molecular complexity index is 596. The van der Waals surface area contributed by atoms with Crippen LogP contribution in [-0.4, -0.2) is 5.78 Å². The number of halogens is 2. The monoisotopic (exact) mass is 308 g/mol. The first-order chi connectivity index (χ1) is 8.58. The van der Waals surface area contributed by atoms with Crippen LogP contribution in [-0.2, 0) is 0 Å². The van der Waals surface area contributed by atoms with Crippen LogP contribution in [0.25, 0.3) is 0 Å². The number of carbonyl (C=O) groups is 1. The van der Waals surface area contributed by atoms with E-state index in [4.69, 9.17) is 4.74 Å². The lowest BCUT2D eigenvalue weighted by Crippen LogP contribution is -1.97. The molecule has 2 aromatic rings. The molecule has 0 N–H and O–H groups in total. The van der Waals surface area contributed by atoms with Crippen molar-refractivity contribution in [1.29, 1.82) is 0 Å². The van der Waals surface area contributed by atoms with Crippen LogP contribution in [0.1, 0.15) is 17.3 Å². The fraction of sp³-hybridized carbons (Fsp3) is 0.0714. The Hall–Kier alpha value is -1.68. The van der Waals surface area contributed by atoms with E-state index in [1.807, 2.05) is 0 Å². The Labute approximate surface area is 113 Å². The number of ether oxygens (including phenoxy) is 1. The quantitative estimate of drug-likeness (QED) is 0.776. The lowest BCUT2D eigenvalue weighted by atomic mass is 10.1. The summed E-state index contributed by atoms with van der Waals surface area (Å²) in [6, 6.07) is 11.0. The number of benzene rings is 2. The van der Waals surface area contributed by atoms with Gasteiger partial charge in [0.15, 0.2) is 5.78 Å². The van der Waals surface area contributed by atoms with Gasteiger partial charge in [0.25, 0.3) is 0 Å². The topological polar surface area (TPSA) is 26.3 Å². The van der Waals surface area contributed by atoms with E-state index in [2.05, 4.69) is 15.9 Å². The molecule has 0 bridgehead atoms. The molecule has 4 heteroatoms. The molecule has 0 aliphatic rings. The van der Waals surface area contributed by atoms with Gasteiger partial charge in [-0.3, -0.25) is 4.79 Å². The third-order valence-corrected chi connectivity index (χ3v) is 3.03. The van der Waals surface area contributed by atoms with E-state index in [1.165, 1.54) is 19.1 Å². The van der Waals surface area contributed by atoms with Crippen molar-refractivity contribution >= 4 is 21.7 Å². The number of ketones is 1. The van der Waals surface area contributed by atoms with Crippen molar-refractivity contribution in [3.05, 3.63) is 58.3 Å². The minimum Gasteiger partial charge on any atom is -0.455 e. The Balaban J connectivity index is 2.40. The standard InChI is InChI=1S/C14H10BrFO2/c1-9(17)11-4-2-3-5-13(11)18-14-8-10(16)6-7-12(14)15/h2-8H,1H3. The zero-order valence-corrected chi connectivity index (χ0v) is 11.2. The zero-order valence-electron chi connectivity index (χ0n) is 9.61. The predicted molar refractivity (Wildman–Crippen MR) is 70.6 cm³/mol. The van der Waals surface area contributed by atoms with Gasteiger partial charge in [0.05, 0.1) is 10.0 Å². The molecule has 0 atom stereocenters. The van der Waals surface area contributed by atoms with E-state index >= 15 is 0 Å². The average molecular weight is 309 g/mol. The third kappa shape index (κ3) is 2.76. The van der Waals surface area contributed by atoms with Crippen molar-refractivity contribution in [2.75, 3.05) is 0 Å². The highest BCUT2D eigenvalue weighted by atomic mass is 79.9. The highest BCUT2D eigenvalue weighted by Gasteiger charge is 2.10. The number of rotatable bonds is 3. The van der Waals surface area contributed by atoms with Crippen molar-refractivity contribution < 1.29 is 13.9 Å². The van der Waals surface area contributed by atoms with Crippen molar-refractivity contribution in [2.45, 2.75) is 6.92 Å². The summed E-state index contributed by atoms with van der Waals surface area (Å²) in [5.41, 5.74) is 0.466. The second-order valence-electron chi connectivity index (χ2n) is 3.73. The number of Topliss-reactive ketones (excluding diaryl/α,β-unsaturated/α-hetero) is 1. The first-order valence-electron chi connectivity index (χ1n) is 5.31. The first-order valence-corrected chi connectivity index (χ1v) is 6.10. The molecule has 0 spiro atoms. The average Bonchev–Trinajstić information content (AvgIpc) is 2.34. The van der Waals surface area contributed by atoms with Gasteiger partial charge in [-0.2, -0.15) is 0 Å². The van der Waals surface area contributed by atoms with Crippen molar-refractivity contribution in [2.24, 2.45) is 0 Å². The van der Waals surface area contributed by atoms with Crippen LogP contribution < -0.4 is 4.74 Å². The first kappa shape index (κ1) is 12.8. The van der Waals surface area contributed by atoms with E-state index in [9.17, 15) is 9.18 Å². The number of para-hydroxylation sites is 1. The smallest absolute Gasteiger partial charge is 0.163 e. The maximum atomic E-state index is 13.1. The van der Waals surface area contributed by atoms with Crippen LogP contribution >= 0.6 is 15.9 Å². The summed E-state index contributed by atoms with van der Waals surface area (Å²) in [5.74, 6) is 0.256. The molecule has 2 nitrogen and oxygen atoms in total. The SMILES string of the molecule is CC(=O)c1ccccc1Oc1cc(F)ccc1Br. The van der Waals surface area contributed by atoms with Crippen LogP contribution in [0.4, 0.5) is 4.39 Å². The van der Waals surface area contributed by atoms with Gasteiger partial charge in [-0.05, 0) is 47.1 Å². The zero-order chi connectivity index (χ0) is 13.1. The molecule has 0 heterocycles. The van der Waals surface area contributed by atoms with E-state index in [0.29, 0.717) is 21.5 Å². The molecule has 0 amide bonds. The third-order valence-electron chi connectivity index (χ3n) is 2.38. The Morgan fingerprint density at radius 3 is 2.61 bits per heavy atom. The van der Waals surface area contributed by atoms with Gasteiger partial charge in [-0.15, -0.1) is 0 Å². The molecule has 0 unspecified atom stereocenters. The molecule has 0 aliphatic carbocycles. The maximum absolute atomic E-state index is 13.1. The van der Waals surface area contributed by atoms with Crippen molar-refractivity contribution in [3.63, 3.8) is 0 Å². The van der Waals surface area contributed by atoms with Crippen LogP contribution in [0.5, 0.6) is 11.5 Å². The lowest BCUT2D eigenvalue weighted by molar-refractivity contribution is 0.101.